The largest absolute Gasteiger partial charge is 0.330 e. The molecule has 0 atom stereocenters. The van der Waals surface area contributed by atoms with Crippen molar-refractivity contribution in [1.82, 2.24) is 9.55 Å². The van der Waals surface area contributed by atoms with Crippen molar-refractivity contribution in [3.8, 4) is 5.69 Å². The minimum Gasteiger partial charge on any atom is -0.312 e. The first-order chi connectivity index (χ1) is 7.09. The van der Waals surface area contributed by atoms with Gasteiger partial charge >= 0.3 is 5.69 Å². The summed E-state index contributed by atoms with van der Waals surface area (Å²) in [5.74, 6) is 0. The molecule has 1 N–H and O–H groups in total. The van der Waals surface area contributed by atoms with Crippen molar-refractivity contribution in [2.75, 3.05) is 0 Å². The molecule has 0 aliphatic heterocycles. The summed E-state index contributed by atoms with van der Waals surface area (Å²) < 4.78 is 2.13. The van der Waals surface area contributed by atoms with Crippen LogP contribution < -0.4 is 5.69 Å². The number of hydrogen-bond donors (Lipinski definition) is 1. The topological polar surface area (TPSA) is 37.8 Å². The number of H-pyrrole nitrogens is 1. The molecule has 0 fully saturated rings. The first kappa shape index (κ1) is 10.8. The minimum atomic E-state index is -0.277. The quantitative estimate of drug-likeness (QED) is 0.863. The zero-order valence-corrected chi connectivity index (χ0v) is 10.4. The molecule has 0 bridgehead atoms. The van der Waals surface area contributed by atoms with Crippen molar-refractivity contribution in [1.29, 1.82) is 0 Å². The highest BCUT2D eigenvalue weighted by molar-refractivity contribution is 9.10. The highest BCUT2D eigenvalue weighted by atomic mass is 79.9. The fraction of sp³-hybridized carbons (Fsp3) is 0. The van der Waals surface area contributed by atoms with Crippen LogP contribution in [0.4, 0.5) is 0 Å². The Balaban J connectivity index is 2.74. The lowest BCUT2D eigenvalue weighted by Gasteiger charge is -2.07. The second kappa shape index (κ2) is 4.04. The van der Waals surface area contributed by atoms with Crippen LogP contribution >= 0.6 is 39.1 Å². The smallest absolute Gasteiger partial charge is 0.312 e. The van der Waals surface area contributed by atoms with Crippen molar-refractivity contribution < 1.29 is 0 Å². The molecule has 0 saturated carbocycles. The van der Waals surface area contributed by atoms with Crippen molar-refractivity contribution >= 4 is 39.1 Å². The maximum atomic E-state index is 11.4. The molecular weight excluding hydrogens is 303 g/mol. The lowest BCUT2D eigenvalue weighted by Crippen LogP contribution is -2.14. The van der Waals surface area contributed by atoms with E-state index in [-0.39, 0.29) is 5.69 Å². The van der Waals surface area contributed by atoms with Gasteiger partial charge in [-0.15, -0.1) is 0 Å². The van der Waals surface area contributed by atoms with Crippen LogP contribution in [0.25, 0.3) is 5.69 Å². The van der Waals surface area contributed by atoms with E-state index in [2.05, 4.69) is 20.9 Å². The molecule has 1 heterocycles. The number of aromatic nitrogens is 2. The summed E-state index contributed by atoms with van der Waals surface area (Å²) in [6.07, 6.45) is 3.10. The van der Waals surface area contributed by atoms with Crippen LogP contribution in [0.1, 0.15) is 0 Å². The molecular formula is C9H5BrCl2N2O. The molecule has 0 amide bonds. The Labute approximate surface area is 104 Å². The Morgan fingerprint density at radius 3 is 2.33 bits per heavy atom. The van der Waals surface area contributed by atoms with Crippen LogP contribution in [0.2, 0.25) is 10.0 Å². The molecule has 0 spiro atoms. The Bertz CT molecular complexity index is 538. The van der Waals surface area contributed by atoms with Crippen LogP contribution in [0.3, 0.4) is 0 Å². The van der Waals surface area contributed by atoms with E-state index >= 15 is 0 Å². The van der Waals surface area contributed by atoms with Crippen molar-refractivity contribution in [3.05, 3.63) is 49.5 Å². The first-order valence-corrected chi connectivity index (χ1v) is 5.55. The molecule has 0 unspecified atom stereocenters. The zero-order chi connectivity index (χ0) is 11.0. The number of hydrogen-bond acceptors (Lipinski definition) is 1. The zero-order valence-electron chi connectivity index (χ0n) is 7.30. The average Bonchev–Trinajstić information content (AvgIpc) is 2.50. The van der Waals surface area contributed by atoms with Crippen LogP contribution in [-0.4, -0.2) is 9.55 Å². The number of benzene rings is 1. The molecule has 2 rings (SSSR count). The predicted octanol–water partition coefficient (Wildman–Crippen LogP) is 3.23. The summed E-state index contributed by atoms with van der Waals surface area (Å²) in [6, 6.07) is 3.37. The average molecular weight is 308 g/mol. The molecule has 1 aromatic heterocycles. The monoisotopic (exact) mass is 306 g/mol. The number of rotatable bonds is 1. The molecule has 1 aromatic carbocycles. The second-order valence-electron chi connectivity index (χ2n) is 2.85. The van der Waals surface area contributed by atoms with Gasteiger partial charge in [-0.2, -0.15) is 0 Å². The summed E-state index contributed by atoms with van der Waals surface area (Å²) in [5, 5.41) is 0.826. The van der Waals surface area contributed by atoms with Gasteiger partial charge in [-0.25, -0.2) is 4.79 Å². The standard InChI is InChI=1S/C9H5BrCl2N2O/c10-5-3-6(11)8(7(12)4-5)14-2-1-13-9(14)15/h1-4H,(H,13,15). The Hall–Kier alpha value is -0.710. The van der Waals surface area contributed by atoms with Crippen LogP contribution in [0.5, 0.6) is 0 Å². The van der Waals surface area contributed by atoms with Gasteiger partial charge in [0.15, 0.2) is 0 Å². The summed E-state index contributed by atoms with van der Waals surface area (Å²) in [5.41, 5.74) is 0.203. The molecule has 3 nitrogen and oxygen atoms in total. The van der Waals surface area contributed by atoms with Gasteiger partial charge in [-0.3, -0.25) is 4.57 Å². The van der Waals surface area contributed by atoms with E-state index in [0.717, 1.165) is 4.47 Å². The highest BCUT2D eigenvalue weighted by Crippen LogP contribution is 2.31. The maximum Gasteiger partial charge on any atom is 0.330 e. The third-order valence-electron chi connectivity index (χ3n) is 1.87. The molecule has 2 aromatic rings. The lowest BCUT2D eigenvalue weighted by molar-refractivity contribution is 0.987. The first-order valence-electron chi connectivity index (χ1n) is 4.00. The van der Waals surface area contributed by atoms with Crippen molar-refractivity contribution in [2.24, 2.45) is 0 Å². The van der Waals surface area contributed by atoms with Crippen molar-refractivity contribution in [3.63, 3.8) is 0 Å². The van der Waals surface area contributed by atoms with Gasteiger partial charge in [0, 0.05) is 16.9 Å². The number of nitrogens with one attached hydrogen (secondary N) is 1. The van der Waals surface area contributed by atoms with E-state index in [4.69, 9.17) is 23.2 Å². The molecule has 78 valence electrons. The van der Waals surface area contributed by atoms with Gasteiger partial charge in [0.05, 0.1) is 15.7 Å². The van der Waals surface area contributed by atoms with E-state index < -0.39 is 0 Å². The van der Waals surface area contributed by atoms with E-state index in [9.17, 15) is 4.79 Å². The number of nitrogens with zero attached hydrogens (tertiary/aromatic N) is 1. The van der Waals surface area contributed by atoms with E-state index in [1.54, 1.807) is 18.3 Å². The van der Waals surface area contributed by atoms with Crippen LogP contribution in [-0.2, 0) is 0 Å². The second-order valence-corrected chi connectivity index (χ2v) is 4.58. The third-order valence-corrected chi connectivity index (χ3v) is 2.91. The summed E-state index contributed by atoms with van der Waals surface area (Å²) >= 11 is 15.3. The molecule has 15 heavy (non-hydrogen) atoms. The number of imidazole rings is 1. The van der Waals surface area contributed by atoms with Crippen LogP contribution in [0, 0.1) is 0 Å². The number of aromatic amines is 1. The van der Waals surface area contributed by atoms with E-state index in [1.165, 1.54) is 10.8 Å². The maximum absolute atomic E-state index is 11.4. The third kappa shape index (κ3) is 1.97. The van der Waals surface area contributed by atoms with Gasteiger partial charge < -0.3 is 4.98 Å². The highest BCUT2D eigenvalue weighted by Gasteiger charge is 2.11. The Morgan fingerprint density at radius 2 is 1.87 bits per heavy atom. The van der Waals surface area contributed by atoms with Gasteiger partial charge in [-0.05, 0) is 12.1 Å². The van der Waals surface area contributed by atoms with Crippen LogP contribution in [0.15, 0.2) is 33.8 Å². The molecule has 0 aliphatic rings. The molecule has 0 aliphatic carbocycles. The molecule has 6 heteroatoms. The fourth-order valence-corrected chi connectivity index (χ4v) is 2.65. The van der Waals surface area contributed by atoms with Crippen molar-refractivity contribution in [2.45, 2.75) is 0 Å². The SMILES string of the molecule is O=c1[nH]ccn1-c1c(Cl)cc(Br)cc1Cl. The van der Waals surface area contributed by atoms with Gasteiger partial charge in [-0.1, -0.05) is 39.1 Å². The van der Waals surface area contributed by atoms with E-state index in [0.29, 0.717) is 15.7 Å². The Kier molecular flexibility index (Phi) is 2.91. The predicted molar refractivity (Wildman–Crippen MR) is 64.1 cm³/mol. The number of halogens is 3. The Morgan fingerprint density at radius 1 is 1.27 bits per heavy atom. The van der Waals surface area contributed by atoms with Gasteiger partial charge in [0.25, 0.3) is 0 Å². The fourth-order valence-electron chi connectivity index (χ4n) is 1.26. The molecule has 0 saturated heterocycles. The minimum absolute atomic E-state index is 0.277. The lowest BCUT2D eigenvalue weighted by atomic mass is 10.3. The molecule has 0 radical (unpaired) electrons. The summed E-state index contributed by atoms with van der Waals surface area (Å²) in [6.45, 7) is 0. The van der Waals surface area contributed by atoms with E-state index in [1.807, 2.05) is 0 Å². The normalized spacial score (nSPS) is 10.6. The summed E-state index contributed by atoms with van der Waals surface area (Å²) in [7, 11) is 0. The summed E-state index contributed by atoms with van der Waals surface area (Å²) in [4.78, 5) is 13.9. The van der Waals surface area contributed by atoms with Gasteiger partial charge in [0.2, 0.25) is 0 Å². The van der Waals surface area contributed by atoms with Gasteiger partial charge in [0.1, 0.15) is 0 Å².